The number of imidazole rings is 1. The quantitative estimate of drug-likeness (QED) is 0.360. The summed E-state index contributed by atoms with van der Waals surface area (Å²) < 4.78 is 2.08. The number of nitrogens with one attached hydrogen (secondary N) is 4. The van der Waals surface area contributed by atoms with Gasteiger partial charge in [-0.2, -0.15) is 0 Å². The number of hydrogen-bond acceptors (Lipinski definition) is 6. The number of amides is 2. The molecule has 1 aliphatic heterocycles. The number of pyridine rings is 1. The topological polar surface area (TPSA) is 155 Å². The summed E-state index contributed by atoms with van der Waals surface area (Å²) in [5, 5.41) is 9.93. The van der Waals surface area contributed by atoms with Gasteiger partial charge in [-0.1, -0.05) is 12.5 Å². The van der Waals surface area contributed by atoms with Crippen LogP contribution in [0.5, 0.6) is 0 Å². The second kappa shape index (κ2) is 8.58. The molecule has 0 radical (unpaired) electrons. The fourth-order valence-electron chi connectivity index (χ4n) is 4.37. The highest BCUT2D eigenvalue weighted by molar-refractivity contribution is 6.07. The average molecular weight is 461 g/mol. The minimum Gasteiger partial charge on any atom is -0.343 e. The highest BCUT2D eigenvalue weighted by Crippen LogP contribution is 2.24. The Labute approximate surface area is 192 Å². The van der Waals surface area contributed by atoms with Gasteiger partial charge in [-0.15, -0.1) is 0 Å². The van der Waals surface area contributed by atoms with Crippen LogP contribution in [0.4, 0.5) is 5.69 Å². The van der Waals surface area contributed by atoms with Crippen LogP contribution in [-0.2, 0) is 17.8 Å². The first kappa shape index (κ1) is 21.6. The Kier molecular flexibility index (Phi) is 5.44. The molecule has 0 spiro atoms. The Hall–Kier alpha value is -4.28. The molecule has 4 aromatic rings. The van der Waals surface area contributed by atoms with Gasteiger partial charge in [0.1, 0.15) is 11.3 Å². The molecule has 0 unspecified atom stereocenters. The van der Waals surface area contributed by atoms with Crippen LogP contribution in [0, 0.1) is 6.92 Å². The van der Waals surface area contributed by atoms with Crippen molar-refractivity contribution in [2.24, 2.45) is 0 Å². The third-order valence-electron chi connectivity index (χ3n) is 5.95. The first-order valence-corrected chi connectivity index (χ1v) is 11.1. The van der Waals surface area contributed by atoms with Gasteiger partial charge in [0.2, 0.25) is 5.91 Å². The molecule has 2 amide bonds. The number of rotatable bonds is 4. The predicted molar refractivity (Wildman–Crippen MR) is 126 cm³/mol. The molecule has 0 aliphatic carbocycles. The summed E-state index contributed by atoms with van der Waals surface area (Å²) in [4.78, 5) is 59.0. The van der Waals surface area contributed by atoms with E-state index in [9.17, 15) is 19.2 Å². The lowest BCUT2D eigenvalue weighted by atomic mass is 10.1. The Bertz CT molecular complexity index is 1560. The number of hydrogen-bond donors (Lipinski definition) is 4. The van der Waals surface area contributed by atoms with Crippen LogP contribution in [0.25, 0.3) is 21.9 Å². The minimum atomic E-state index is -0.539. The molecule has 11 nitrogen and oxygen atoms in total. The maximum atomic E-state index is 13.0. The molecule has 3 aromatic heterocycles. The van der Waals surface area contributed by atoms with E-state index in [2.05, 4.69) is 30.4 Å². The third-order valence-corrected chi connectivity index (χ3v) is 5.95. The number of aryl methyl sites for hydroxylation is 3. The first-order valence-electron chi connectivity index (χ1n) is 11.1. The van der Waals surface area contributed by atoms with Gasteiger partial charge in [-0.05, 0) is 38.0 Å². The molecule has 0 bridgehead atoms. The molecule has 0 saturated carbocycles. The number of fused-ring (bicyclic) bond motifs is 4. The van der Waals surface area contributed by atoms with Crippen LogP contribution in [0.15, 0.2) is 33.9 Å². The van der Waals surface area contributed by atoms with Gasteiger partial charge >= 0.3 is 0 Å². The summed E-state index contributed by atoms with van der Waals surface area (Å²) in [5.41, 5.74) is 1.44. The summed E-state index contributed by atoms with van der Waals surface area (Å²) in [5.74, 6) is -0.0529. The van der Waals surface area contributed by atoms with Crippen LogP contribution in [-0.4, -0.2) is 43.1 Å². The van der Waals surface area contributed by atoms with Gasteiger partial charge in [0.05, 0.1) is 28.6 Å². The molecule has 0 atom stereocenters. The van der Waals surface area contributed by atoms with Crippen LogP contribution in [0.3, 0.4) is 0 Å². The lowest BCUT2D eigenvalue weighted by Crippen LogP contribution is -2.33. The van der Waals surface area contributed by atoms with Crippen LogP contribution in [0.2, 0.25) is 0 Å². The van der Waals surface area contributed by atoms with E-state index in [1.807, 2.05) is 6.92 Å². The fraction of sp³-hybridized carbons (Fsp3) is 0.304. The SMILES string of the molecule is Cc1cc(C(=O)NCC(=O)Nc2cccc3c(=O)[nH][nH]c(=O)c23)c2nc3n(c2n1)CCCCC3. The molecule has 0 saturated heterocycles. The highest BCUT2D eigenvalue weighted by Gasteiger charge is 2.21. The molecule has 1 aromatic carbocycles. The summed E-state index contributed by atoms with van der Waals surface area (Å²) in [6.07, 6.45) is 4.06. The van der Waals surface area contributed by atoms with E-state index in [-0.39, 0.29) is 23.0 Å². The number of nitrogens with zero attached hydrogens (tertiary/aromatic N) is 3. The Morgan fingerprint density at radius 2 is 1.91 bits per heavy atom. The maximum Gasteiger partial charge on any atom is 0.272 e. The number of carbonyl (C=O) groups is 2. The standard InChI is InChI=1S/C23H23N7O4/c1-12-10-14(19-20(25-12)30-9-4-2-3-8-16(30)27-19)21(32)24-11-17(31)26-15-7-5-6-13-18(15)23(34)29-28-22(13)33/h5-7,10H,2-4,8-9,11H2,1H3,(H,24,32)(H,26,31)(H,28,33)(H,29,34). The second-order valence-electron chi connectivity index (χ2n) is 8.34. The van der Waals surface area contributed by atoms with Crippen molar-refractivity contribution < 1.29 is 9.59 Å². The van der Waals surface area contributed by atoms with Gasteiger partial charge in [0, 0.05) is 18.7 Å². The molecular formula is C23H23N7O4. The molecule has 174 valence electrons. The lowest BCUT2D eigenvalue weighted by Gasteiger charge is -2.10. The maximum absolute atomic E-state index is 13.0. The zero-order valence-corrected chi connectivity index (χ0v) is 18.5. The van der Waals surface area contributed by atoms with Crippen LogP contribution < -0.4 is 21.8 Å². The number of aromatic amines is 2. The van der Waals surface area contributed by atoms with E-state index < -0.39 is 22.9 Å². The van der Waals surface area contributed by atoms with Crippen molar-refractivity contribution in [3.05, 3.63) is 62.1 Å². The van der Waals surface area contributed by atoms with Crippen molar-refractivity contribution >= 4 is 39.4 Å². The summed E-state index contributed by atoms with van der Waals surface area (Å²) in [7, 11) is 0. The zero-order chi connectivity index (χ0) is 23.8. The molecule has 34 heavy (non-hydrogen) atoms. The highest BCUT2D eigenvalue weighted by atomic mass is 16.2. The fourth-order valence-corrected chi connectivity index (χ4v) is 4.37. The number of anilines is 1. The van der Waals surface area contributed by atoms with Gasteiger partial charge in [-0.3, -0.25) is 29.4 Å². The summed E-state index contributed by atoms with van der Waals surface area (Å²) in [6, 6.07) is 6.23. The van der Waals surface area contributed by atoms with Crippen LogP contribution in [0.1, 0.15) is 41.1 Å². The minimum absolute atomic E-state index is 0.0666. The number of aromatic nitrogens is 5. The number of benzene rings is 1. The Balaban J connectivity index is 1.37. The van der Waals surface area contributed by atoms with E-state index in [0.29, 0.717) is 22.4 Å². The monoisotopic (exact) mass is 461 g/mol. The largest absolute Gasteiger partial charge is 0.343 e. The summed E-state index contributed by atoms with van der Waals surface area (Å²) in [6.45, 7) is 2.31. The summed E-state index contributed by atoms with van der Waals surface area (Å²) >= 11 is 0. The third kappa shape index (κ3) is 3.85. The molecule has 11 heteroatoms. The molecule has 0 fully saturated rings. The molecule has 1 aliphatic rings. The van der Waals surface area contributed by atoms with Crippen molar-refractivity contribution in [2.75, 3.05) is 11.9 Å². The lowest BCUT2D eigenvalue weighted by molar-refractivity contribution is -0.115. The number of H-pyrrole nitrogens is 2. The molecule has 4 heterocycles. The van der Waals surface area contributed by atoms with Gasteiger partial charge in [0.15, 0.2) is 5.65 Å². The first-order chi connectivity index (χ1) is 16.4. The second-order valence-corrected chi connectivity index (χ2v) is 8.34. The van der Waals surface area contributed by atoms with Crippen LogP contribution >= 0.6 is 0 Å². The number of carbonyl (C=O) groups excluding carboxylic acids is 2. The van der Waals surface area contributed by atoms with Gasteiger partial charge in [0.25, 0.3) is 17.0 Å². The Morgan fingerprint density at radius 1 is 1.09 bits per heavy atom. The average Bonchev–Trinajstić information content (AvgIpc) is 2.99. The van der Waals surface area contributed by atoms with E-state index in [4.69, 9.17) is 4.98 Å². The van der Waals surface area contributed by atoms with E-state index in [0.717, 1.165) is 38.1 Å². The molecule has 4 N–H and O–H groups in total. The Morgan fingerprint density at radius 3 is 2.76 bits per heavy atom. The van der Waals surface area contributed by atoms with Crippen molar-refractivity contribution in [2.45, 2.75) is 39.2 Å². The smallest absolute Gasteiger partial charge is 0.272 e. The van der Waals surface area contributed by atoms with Crippen molar-refractivity contribution in [1.82, 2.24) is 30.0 Å². The van der Waals surface area contributed by atoms with E-state index in [1.165, 1.54) is 12.1 Å². The van der Waals surface area contributed by atoms with Gasteiger partial charge < -0.3 is 15.2 Å². The molecule has 5 rings (SSSR count). The van der Waals surface area contributed by atoms with E-state index in [1.54, 1.807) is 12.1 Å². The van der Waals surface area contributed by atoms with E-state index >= 15 is 0 Å². The predicted octanol–water partition coefficient (Wildman–Crippen LogP) is 1.36. The molecular weight excluding hydrogens is 438 g/mol. The van der Waals surface area contributed by atoms with Crippen molar-refractivity contribution in [3.63, 3.8) is 0 Å². The van der Waals surface area contributed by atoms with Crippen molar-refractivity contribution in [3.8, 4) is 0 Å². The van der Waals surface area contributed by atoms with Crippen molar-refractivity contribution in [1.29, 1.82) is 0 Å². The zero-order valence-electron chi connectivity index (χ0n) is 18.5. The normalized spacial score (nSPS) is 13.4. The van der Waals surface area contributed by atoms with Gasteiger partial charge in [-0.25, -0.2) is 9.97 Å².